The monoisotopic (exact) mass is 476 g/mol. The number of nitrogens with one attached hydrogen (secondary N) is 2. The van der Waals surface area contributed by atoms with Crippen LogP contribution in [-0.4, -0.2) is 25.0 Å². The number of hydrazine groups is 1. The molecule has 0 fully saturated rings. The second-order valence-electron chi connectivity index (χ2n) is 8.29. The van der Waals surface area contributed by atoms with Crippen LogP contribution in [0.4, 0.5) is 0 Å². The molecule has 0 aliphatic heterocycles. The van der Waals surface area contributed by atoms with Gasteiger partial charge < -0.3 is 9.47 Å². The van der Waals surface area contributed by atoms with Gasteiger partial charge in [0.05, 0.1) is 4.47 Å². The molecule has 30 heavy (non-hydrogen) atoms. The number of ether oxygens (including phenoxy) is 2. The molecule has 0 aliphatic carbocycles. The minimum absolute atomic E-state index is 0.0151. The molecule has 0 saturated heterocycles. The standard InChI is InChI=1S/C23H29BrN2O4/c1-15(2)16-6-9-18(10-7-16)29-13-21(27)25-26-22(28)14-30-20-11-8-17(12-19(20)24)23(3,4)5/h6-12,15H,13-14H2,1-5H3,(H,25,27)(H,26,28). The Labute approximate surface area is 186 Å². The first-order valence-electron chi connectivity index (χ1n) is 9.79. The lowest BCUT2D eigenvalue weighted by molar-refractivity contribution is -0.131. The zero-order chi connectivity index (χ0) is 22.3. The molecule has 2 aromatic carbocycles. The van der Waals surface area contributed by atoms with Crippen LogP contribution < -0.4 is 20.3 Å². The number of carbonyl (C=O) groups is 2. The first kappa shape index (κ1) is 23.7. The van der Waals surface area contributed by atoms with E-state index in [1.165, 1.54) is 5.56 Å². The van der Waals surface area contributed by atoms with Crippen LogP contribution in [0.25, 0.3) is 0 Å². The first-order chi connectivity index (χ1) is 14.1. The molecule has 2 aromatic rings. The summed E-state index contributed by atoms with van der Waals surface area (Å²) < 4.78 is 11.7. The Morgan fingerprint density at radius 3 is 2.00 bits per heavy atom. The lowest BCUT2D eigenvalue weighted by Crippen LogP contribution is -2.45. The number of rotatable bonds is 7. The number of amides is 2. The number of benzene rings is 2. The van der Waals surface area contributed by atoms with Crippen molar-refractivity contribution < 1.29 is 19.1 Å². The fraction of sp³-hybridized carbons (Fsp3) is 0.391. The molecular formula is C23H29BrN2O4. The van der Waals surface area contributed by atoms with Crippen molar-refractivity contribution in [3.05, 3.63) is 58.1 Å². The molecule has 6 nitrogen and oxygen atoms in total. The van der Waals surface area contributed by atoms with Gasteiger partial charge in [-0.05, 0) is 62.7 Å². The second-order valence-corrected chi connectivity index (χ2v) is 9.15. The van der Waals surface area contributed by atoms with Gasteiger partial charge in [0, 0.05) is 0 Å². The summed E-state index contributed by atoms with van der Waals surface area (Å²) in [5, 5.41) is 0. The molecule has 0 atom stereocenters. The van der Waals surface area contributed by atoms with Gasteiger partial charge in [0.2, 0.25) is 0 Å². The van der Waals surface area contributed by atoms with Crippen molar-refractivity contribution in [2.75, 3.05) is 13.2 Å². The molecule has 162 valence electrons. The van der Waals surface area contributed by atoms with Crippen molar-refractivity contribution in [3.8, 4) is 11.5 Å². The largest absolute Gasteiger partial charge is 0.484 e. The van der Waals surface area contributed by atoms with Gasteiger partial charge in [-0.3, -0.25) is 20.4 Å². The van der Waals surface area contributed by atoms with E-state index < -0.39 is 11.8 Å². The summed E-state index contributed by atoms with van der Waals surface area (Å²) in [4.78, 5) is 23.8. The normalized spacial score (nSPS) is 11.2. The second kappa shape index (κ2) is 10.5. The molecule has 0 unspecified atom stereocenters. The summed E-state index contributed by atoms with van der Waals surface area (Å²) in [6.07, 6.45) is 0. The van der Waals surface area contributed by atoms with Gasteiger partial charge in [0.1, 0.15) is 11.5 Å². The maximum Gasteiger partial charge on any atom is 0.276 e. The van der Waals surface area contributed by atoms with E-state index in [0.29, 0.717) is 17.4 Å². The van der Waals surface area contributed by atoms with Crippen LogP contribution in [0.2, 0.25) is 0 Å². The van der Waals surface area contributed by atoms with Gasteiger partial charge in [-0.25, -0.2) is 0 Å². The topological polar surface area (TPSA) is 76.7 Å². The van der Waals surface area contributed by atoms with Crippen molar-refractivity contribution in [3.63, 3.8) is 0 Å². The van der Waals surface area contributed by atoms with Crippen LogP contribution in [0.3, 0.4) is 0 Å². The molecule has 0 aliphatic rings. The van der Waals surface area contributed by atoms with Crippen molar-refractivity contribution in [1.29, 1.82) is 0 Å². The molecular weight excluding hydrogens is 448 g/mol. The predicted octanol–water partition coefficient (Wildman–Crippen LogP) is 4.48. The quantitative estimate of drug-likeness (QED) is 0.577. The highest BCUT2D eigenvalue weighted by molar-refractivity contribution is 9.10. The number of halogens is 1. The molecule has 0 spiro atoms. The van der Waals surface area contributed by atoms with Crippen molar-refractivity contribution in [1.82, 2.24) is 10.9 Å². The Balaban J connectivity index is 1.73. The van der Waals surface area contributed by atoms with Crippen LogP contribution in [-0.2, 0) is 15.0 Å². The van der Waals surface area contributed by atoms with E-state index >= 15 is 0 Å². The molecule has 0 heterocycles. The van der Waals surface area contributed by atoms with E-state index in [1.54, 1.807) is 0 Å². The molecule has 7 heteroatoms. The summed E-state index contributed by atoms with van der Waals surface area (Å²) in [7, 11) is 0. The fourth-order valence-corrected chi connectivity index (χ4v) is 3.03. The maximum absolute atomic E-state index is 11.9. The van der Waals surface area contributed by atoms with Crippen LogP contribution in [0.1, 0.15) is 51.7 Å². The Morgan fingerprint density at radius 1 is 0.933 bits per heavy atom. The minimum atomic E-state index is -0.476. The molecule has 0 saturated carbocycles. The number of carbonyl (C=O) groups excluding carboxylic acids is 2. The van der Waals surface area contributed by atoms with E-state index in [9.17, 15) is 9.59 Å². The third kappa shape index (κ3) is 7.37. The average molecular weight is 477 g/mol. The molecule has 0 aromatic heterocycles. The smallest absolute Gasteiger partial charge is 0.276 e. The average Bonchev–Trinajstić information content (AvgIpc) is 2.69. The molecule has 0 radical (unpaired) electrons. The number of hydrogen-bond acceptors (Lipinski definition) is 4. The highest BCUT2D eigenvalue weighted by Crippen LogP contribution is 2.31. The Bertz CT molecular complexity index is 874. The van der Waals surface area contributed by atoms with Crippen LogP contribution in [0.5, 0.6) is 11.5 Å². The molecule has 2 rings (SSSR count). The Kier molecular flexibility index (Phi) is 8.29. The summed E-state index contributed by atoms with van der Waals surface area (Å²) in [6, 6.07) is 13.3. The van der Waals surface area contributed by atoms with Crippen LogP contribution >= 0.6 is 15.9 Å². The van der Waals surface area contributed by atoms with E-state index in [2.05, 4.69) is 61.4 Å². The van der Waals surface area contributed by atoms with E-state index in [4.69, 9.17) is 9.47 Å². The van der Waals surface area contributed by atoms with E-state index in [0.717, 1.165) is 10.0 Å². The first-order valence-corrected chi connectivity index (χ1v) is 10.6. The van der Waals surface area contributed by atoms with Gasteiger partial charge in [0.25, 0.3) is 11.8 Å². The molecule has 2 amide bonds. The maximum atomic E-state index is 11.9. The van der Waals surface area contributed by atoms with Crippen molar-refractivity contribution >= 4 is 27.7 Å². The summed E-state index contributed by atoms with van der Waals surface area (Å²) in [5.74, 6) is 0.630. The zero-order valence-electron chi connectivity index (χ0n) is 18.0. The summed E-state index contributed by atoms with van der Waals surface area (Å²) >= 11 is 3.46. The third-order valence-corrected chi connectivity index (χ3v) is 5.03. The lowest BCUT2D eigenvalue weighted by atomic mass is 9.87. The highest BCUT2D eigenvalue weighted by Gasteiger charge is 2.16. The fourth-order valence-electron chi connectivity index (χ4n) is 2.54. The van der Waals surface area contributed by atoms with Gasteiger partial charge in [-0.15, -0.1) is 0 Å². The SMILES string of the molecule is CC(C)c1ccc(OCC(=O)NNC(=O)COc2ccc(C(C)(C)C)cc2Br)cc1. The van der Waals surface area contributed by atoms with Crippen LogP contribution in [0, 0.1) is 0 Å². The van der Waals surface area contributed by atoms with Crippen molar-refractivity contribution in [2.45, 2.75) is 46.0 Å². The Morgan fingerprint density at radius 2 is 1.50 bits per heavy atom. The molecule has 0 bridgehead atoms. The zero-order valence-corrected chi connectivity index (χ0v) is 19.6. The third-order valence-electron chi connectivity index (χ3n) is 4.41. The summed E-state index contributed by atoms with van der Waals surface area (Å²) in [6.45, 7) is 10.1. The van der Waals surface area contributed by atoms with Crippen LogP contribution in [0.15, 0.2) is 46.9 Å². The van der Waals surface area contributed by atoms with Crippen molar-refractivity contribution in [2.24, 2.45) is 0 Å². The molecule has 2 N–H and O–H groups in total. The van der Waals surface area contributed by atoms with Gasteiger partial charge in [-0.2, -0.15) is 0 Å². The van der Waals surface area contributed by atoms with Gasteiger partial charge in [0.15, 0.2) is 13.2 Å². The van der Waals surface area contributed by atoms with Gasteiger partial charge in [-0.1, -0.05) is 52.8 Å². The minimum Gasteiger partial charge on any atom is -0.484 e. The summed E-state index contributed by atoms with van der Waals surface area (Å²) in [5.41, 5.74) is 6.97. The highest BCUT2D eigenvalue weighted by atomic mass is 79.9. The predicted molar refractivity (Wildman–Crippen MR) is 121 cm³/mol. The Hall–Kier alpha value is -2.54. The van der Waals surface area contributed by atoms with E-state index in [-0.39, 0.29) is 18.6 Å². The van der Waals surface area contributed by atoms with Gasteiger partial charge >= 0.3 is 0 Å². The number of hydrogen-bond donors (Lipinski definition) is 2. The lowest BCUT2D eigenvalue weighted by Gasteiger charge is -2.20. The van der Waals surface area contributed by atoms with E-state index in [1.807, 2.05) is 42.5 Å².